The molecule has 1 unspecified atom stereocenters. The van der Waals surface area contributed by atoms with Crippen molar-refractivity contribution in [2.45, 2.75) is 51.2 Å². The summed E-state index contributed by atoms with van der Waals surface area (Å²) in [5.41, 5.74) is 0.962. The molecule has 2 aromatic carbocycles. The maximum Gasteiger partial charge on any atom is 0.244 e. The standard InChI is InChI=1S/C27H37N3O7S/c1-19(27(32)28-21-8-6-7-9-21)29(17-20-10-12-22(35-2)13-11-20)26(31)18-30(38(5,33)34)24-15-14-23(36-3)16-25(24)37-4/h10-16,19,21H,6-9,17-18H2,1-5H3,(H,28,32). The number of rotatable bonds is 12. The van der Waals surface area contributed by atoms with E-state index in [2.05, 4.69) is 5.32 Å². The van der Waals surface area contributed by atoms with Gasteiger partial charge in [0.2, 0.25) is 21.8 Å². The van der Waals surface area contributed by atoms with E-state index in [1.165, 1.54) is 25.2 Å². The zero-order valence-corrected chi connectivity index (χ0v) is 23.4. The number of ether oxygens (including phenoxy) is 3. The number of carbonyl (C=O) groups excluding carboxylic acids is 2. The average Bonchev–Trinajstić information content (AvgIpc) is 3.42. The third-order valence-corrected chi connectivity index (χ3v) is 7.84. The molecule has 0 radical (unpaired) electrons. The molecule has 3 rings (SSSR count). The lowest BCUT2D eigenvalue weighted by atomic mass is 10.1. The summed E-state index contributed by atoms with van der Waals surface area (Å²) in [6.45, 7) is 1.25. The fourth-order valence-electron chi connectivity index (χ4n) is 4.49. The molecule has 10 nitrogen and oxygen atoms in total. The molecule has 1 fully saturated rings. The van der Waals surface area contributed by atoms with Gasteiger partial charge in [-0.05, 0) is 49.6 Å². The Bertz CT molecular complexity index is 1210. The second-order valence-corrected chi connectivity index (χ2v) is 11.2. The highest BCUT2D eigenvalue weighted by Crippen LogP contribution is 2.33. The molecule has 11 heteroatoms. The highest BCUT2D eigenvalue weighted by molar-refractivity contribution is 7.92. The summed E-state index contributed by atoms with van der Waals surface area (Å²) < 4.78 is 42.5. The first-order valence-corrected chi connectivity index (χ1v) is 14.3. The van der Waals surface area contributed by atoms with E-state index in [9.17, 15) is 18.0 Å². The molecule has 1 aliphatic carbocycles. The maximum absolute atomic E-state index is 13.8. The van der Waals surface area contributed by atoms with Crippen LogP contribution in [0.15, 0.2) is 42.5 Å². The summed E-state index contributed by atoms with van der Waals surface area (Å²) in [6, 6.07) is 11.1. The Hall–Kier alpha value is -3.47. The monoisotopic (exact) mass is 547 g/mol. The fourth-order valence-corrected chi connectivity index (χ4v) is 5.34. The summed E-state index contributed by atoms with van der Waals surface area (Å²) in [4.78, 5) is 28.3. The molecule has 208 valence electrons. The number of carbonyl (C=O) groups is 2. The molecule has 1 N–H and O–H groups in total. The molecule has 0 spiro atoms. The van der Waals surface area contributed by atoms with Gasteiger partial charge in [-0.15, -0.1) is 0 Å². The highest BCUT2D eigenvalue weighted by Gasteiger charge is 2.32. The van der Waals surface area contributed by atoms with Gasteiger partial charge in [0.15, 0.2) is 0 Å². The van der Waals surface area contributed by atoms with Crippen LogP contribution in [0.25, 0.3) is 0 Å². The van der Waals surface area contributed by atoms with Crippen molar-refractivity contribution in [1.82, 2.24) is 10.2 Å². The van der Waals surface area contributed by atoms with Crippen LogP contribution in [0.4, 0.5) is 5.69 Å². The van der Waals surface area contributed by atoms with E-state index < -0.39 is 28.5 Å². The van der Waals surface area contributed by atoms with Crippen LogP contribution < -0.4 is 23.8 Å². The van der Waals surface area contributed by atoms with Crippen molar-refractivity contribution in [3.05, 3.63) is 48.0 Å². The SMILES string of the molecule is COc1ccc(CN(C(=O)CN(c2ccc(OC)cc2OC)S(C)(=O)=O)C(C)C(=O)NC2CCCC2)cc1. The van der Waals surface area contributed by atoms with Crippen LogP contribution >= 0.6 is 0 Å². The molecular weight excluding hydrogens is 510 g/mol. The van der Waals surface area contributed by atoms with Crippen molar-refractivity contribution < 1.29 is 32.2 Å². The van der Waals surface area contributed by atoms with Gasteiger partial charge in [-0.2, -0.15) is 0 Å². The Morgan fingerprint density at radius 3 is 2.13 bits per heavy atom. The Morgan fingerprint density at radius 1 is 0.974 bits per heavy atom. The van der Waals surface area contributed by atoms with Gasteiger partial charge in [-0.1, -0.05) is 25.0 Å². The number of amides is 2. The lowest BCUT2D eigenvalue weighted by Gasteiger charge is -2.32. The van der Waals surface area contributed by atoms with Crippen molar-refractivity contribution in [2.75, 3.05) is 38.4 Å². The van der Waals surface area contributed by atoms with Crippen LogP contribution in [0.3, 0.4) is 0 Å². The number of hydrogen-bond acceptors (Lipinski definition) is 7. The van der Waals surface area contributed by atoms with Crippen LogP contribution in [-0.4, -0.2) is 71.3 Å². The quantitative estimate of drug-likeness (QED) is 0.435. The molecule has 0 aliphatic heterocycles. The molecule has 2 amide bonds. The van der Waals surface area contributed by atoms with Crippen LogP contribution in [0, 0.1) is 0 Å². The van der Waals surface area contributed by atoms with Gasteiger partial charge >= 0.3 is 0 Å². The number of sulfonamides is 1. The average molecular weight is 548 g/mol. The van der Waals surface area contributed by atoms with Crippen molar-refractivity contribution >= 4 is 27.5 Å². The van der Waals surface area contributed by atoms with Crippen molar-refractivity contribution in [2.24, 2.45) is 0 Å². The second kappa shape index (κ2) is 12.9. The minimum Gasteiger partial charge on any atom is -0.497 e. The lowest BCUT2D eigenvalue weighted by molar-refractivity contribution is -0.139. The second-order valence-electron chi connectivity index (χ2n) is 9.34. The fraction of sp³-hybridized carbons (Fsp3) is 0.481. The number of methoxy groups -OCH3 is 3. The minimum absolute atomic E-state index is 0.0824. The third kappa shape index (κ3) is 7.31. The Labute approximate surface area is 224 Å². The van der Waals surface area contributed by atoms with E-state index in [1.54, 1.807) is 38.3 Å². The van der Waals surface area contributed by atoms with Crippen LogP contribution in [-0.2, 0) is 26.2 Å². The molecule has 0 aromatic heterocycles. The highest BCUT2D eigenvalue weighted by atomic mass is 32.2. The van der Waals surface area contributed by atoms with Gasteiger partial charge in [-0.25, -0.2) is 8.42 Å². The largest absolute Gasteiger partial charge is 0.497 e. The van der Waals surface area contributed by atoms with Gasteiger partial charge < -0.3 is 24.4 Å². The lowest BCUT2D eigenvalue weighted by Crippen LogP contribution is -2.52. The van der Waals surface area contributed by atoms with E-state index in [0.29, 0.717) is 11.5 Å². The molecule has 1 atom stereocenters. The summed E-state index contributed by atoms with van der Waals surface area (Å²) in [7, 11) is 0.562. The van der Waals surface area contributed by atoms with Gasteiger partial charge in [0, 0.05) is 18.7 Å². The summed E-state index contributed by atoms with van der Waals surface area (Å²) in [5, 5.41) is 3.05. The Kier molecular flexibility index (Phi) is 9.84. The zero-order valence-electron chi connectivity index (χ0n) is 22.6. The van der Waals surface area contributed by atoms with E-state index >= 15 is 0 Å². The van der Waals surface area contributed by atoms with Crippen molar-refractivity contribution in [1.29, 1.82) is 0 Å². The summed E-state index contributed by atoms with van der Waals surface area (Å²) in [5.74, 6) is 0.568. The molecule has 38 heavy (non-hydrogen) atoms. The smallest absolute Gasteiger partial charge is 0.244 e. The first kappa shape index (κ1) is 29.1. The Balaban J connectivity index is 1.92. The molecule has 0 saturated heterocycles. The number of benzene rings is 2. The van der Waals surface area contributed by atoms with Crippen molar-refractivity contribution in [3.8, 4) is 17.2 Å². The van der Waals surface area contributed by atoms with Crippen LogP contribution in [0.1, 0.15) is 38.2 Å². The Morgan fingerprint density at radius 2 is 1.58 bits per heavy atom. The van der Waals surface area contributed by atoms with Crippen LogP contribution in [0.2, 0.25) is 0 Å². The minimum atomic E-state index is -3.90. The van der Waals surface area contributed by atoms with E-state index in [1.807, 2.05) is 12.1 Å². The van der Waals surface area contributed by atoms with E-state index in [4.69, 9.17) is 14.2 Å². The number of hydrogen-bond donors (Lipinski definition) is 1. The van der Waals surface area contributed by atoms with Gasteiger partial charge in [0.1, 0.15) is 29.8 Å². The summed E-state index contributed by atoms with van der Waals surface area (Å²) in [6.07, 6.45) is 4.95. The molecular formula is C27H37N3O7S. The first-order valence-electron chi connectivity index (χ1n) is 12.5. The van der Waals surface area contributed by atoms with Gasteiger partial charge in [0.25, 0.3) is 0 Å². The molecule has 0 bridgehead atoms. The third-order valence-electron chi connectivity index (χ3n) is 6.72. The number of nitrogens with zero attached hydrogens (tertiary/aromatic N) is 2. The normalized spacial score (nSPS) is 14.4. The number of anilines is 1. The molecule has 0 heterocycles. The predicted molar refractivity (Wildman–Crippen MR) is 145 cm³/mol. The van der Waals surface area contributed by atoms with E-state index in [-0.39, 0.29) is 29.9 Å². The van der Waals surface area contributed by atoms with Crippen molar-refractivity contribution in [3.63, 3.8) is 0 Å². The van der Waals surface area contributed by atoms with Gasteiger partial charge in [0.05, 0.1) is 33.3 Å². The van der Waals surface area contributed by atoms with Crippen LogP contribution in [0.5, 0.6) is 17.2 Å². The molecule has 1 aliphatic rings. The summed E-state index contributed by atoms with van der Waals surface area (Å²) >= 11 is 0. The van der Waals surface area contributed by atoms with E-state index in [0.717, 1.165) is 41.8 Å². The zero-order chi connectivity index (χ0) is 27.9. The first-order chi connectivity index (χ1) is 18.1. The molecule has 2 aromatic rings. The topological polar surface area (TPSA) is 114 Å². The molecule has 1 saturated carbocycles. The van der Waals surface area contributed by atoms with Gasteiger partial charge in [-0.3, -0.25) is 13.9 Å². The number of nitrogens with one attached hydrogen (secondary N) is 1. The maximum atomic E-state index is 13.8. The predicted octanol–water partition coefficient (Wildman–Crippen LogP) is 2.95.